The highest BCUT2D eigenvalue weighted by Gasteiger charge is 2.26. The fraction of sp³-hybridized carbons (Fsp3) is 1.00. The minimum atomic E-state index is -0.0498. The van der Waals surface area contributed by atoms with Crippen molar-refractivity contribution in [1.29, 1.82) is 0 Å². The Balaban J connectivity index is 4.49. The second-order valence-electron chi connectivity index (χ2n) is 6.58. The lowest BCUT2D eigenvalue weighted by atomic mass is 9.80. The van der Waals surface area contributed by atoms with Gasteiger partial charge in [-0.1, -0.05) is 79.1 Å². The third-order valence-corrected chi connectivity index (χ3v) is 4.68. The van der Waals surface area contributed by atoms with Gasteiger partial charge in [-0.15, -0.1) is 0 Å². The van der Waals surface area contributed by atoms with Crippen molar-refractivity contribution in [2.45, 2.75) is 111 Å². The van der Waals surface area contributed by atoms with Gasteiger partial charge in [0.25, 0.3) is 0 Å². The number of aliphatic hydroxyl groups excluding tert-OH is 1. The van der Waals surface area contributed by atoms with Gasteiger partial charge in [0.1, 0.15) is 0 Å². The average molecular weight is 285 g/mol. The maximum absolute atomic E-state index is 10.9. The number of aliphatic hydroxyl groups is 1. The summed E-state index contributed by atoms with van der Waals surface area (Å²) in [5.74, 6) is 1.10. The van der Waals surface area contributed by atoms with Gasteiger partial charge in [0.15, 0.2) is 0 Å². The Bertz CT molecular complexity index is 154. The first kappa shape index (κ1) is 20.0. The number of hydrogen-bond acceptors (Lipinski definition) is 1. The van der Waals surface area contributed by atoms with Crippen molar-refractivity contribution >= 4 is 0 Å². The maximum Gasteiger partial charge on any atom is 0.0596 e. The quantitative estimate of drug-likeness (QED) is 0.394. The minimum Gasteiger partial charge on any atom is -0.393 e. The molecule has 0 unspecified atom stereocenters. The summed E-state index contributed by atoms with van der Waals surface area (Å²) in [6, 6.07) is 0. The van der Waals surface area contributed by atoms with E-state index < -0.39 is 0 Å². The standard InChI is InChI=1S/C19H40O/c1-5-9-13-17(14-10-6-2)19(20)18(15-11-7-3)16-12-8-4/h17-20H,5-16H2,1-4H3. The van der Waals surface area contributed by atoms with Crippen LogP contribution in [0.5, 0.6) is 0 Å². The molecule has 0 amide bonds. The van der Waals surface area contributed by atoms with Gasteiger partial charge in [-0.25, -0.2) is 0 Å². The molecule has 0 fully saturated rings. The summed E-state index contributed by atoms with van der Waals surface area (Å²) in [7, 11) is 0. The van der Waals surface area contributed by atoms with E-state index >= 15 is 0 Å². The molecule has 0 aliphatic heterocycles. The Kier molecular flexibility index (Phi) is 13.9. The van der Waals surface area contributed by atoms with E-state index in [1.54, 1.807) is 0 Å². The molecule has 20 heavy (non-hydrogen) atoms. The smallest absolute Gasteiger partial charge is 0.0596 e. The highest BCUT2D eigenvalue weighted by Crippen LogP contribution is 2.30. The minimum absolute atomic E-state index is 0.0498. The summed E-state index contributed by atoms with van der Waals surface area (Å²) in [5, 5.41) is 10.9. The van der Waals surface area contributed by atoms with Crippen LogP contribution in [0, 0.1) is 11.8 Å². The molecule has 0 bridgehead atoms. The summed E-state index contributed by atoms with van der Waals surface area (Å²) in [4.78, 5) is 0. The highest BCUT2D eigenvalue weighted by molar-refractivity contribution is 4.77. The molecule has 0 radical (unpaired) electrons. The molecule has 1 heteroatoms. The van der Waals surface area contributed by atoms with Crippen molar-refractivity contribution in [3.05, 3.63) is 0 Å². The predicted molar refractivity (Wildman–Crippen MR) is 91.1 cm³/mol. The van der Waals surface area contributed by atoms with Crippen molar-refractivity contribution in [1.82, 2.24) is 0 Å². The van der Waals surface area contributed by atoms with E-state index in [0.717, 1.165) is 0 Å². The first-order valence-corrected chi connectivity index (χ1v) is 9.39. The van der Waals surface area contributed by atoms with Gasteiger partial charge in [-0.3, -0.25) is 0 Å². The van der Waals surface area contributed by atoms with Gasteiger partial charge in [0, 0.05) is 0 Å². The van der Waals surface area contributed by atoms with Crippen molar-refractivity contribution in [3.63, 3.8) is 0 Å². The van der Waals surface area contributed by atoms with Gasteiger partial charge in [0.05, 0.1) is 6.10 Å². The molecule has 0 heterocycles. The lowest BCUT2D eigenvalue weighted by Gasteiger charge is -2.30. The van der Waals surface area contributed by atoms with Gasteiger partial charge >= 0.3 is 0 Å². The van der Waals surface area contributed by atoms with Crippen LogP contribution in [0.1, 0.15) is 105 Å². The average Bonchev–Trinajstić information content (AvgIpc) is 2.47. The largest absolute Gasteiger partial charge is 0.393 e. The Labute approximate surface area is 128 Å². The van der Waals surface area contributed by atoms with E-state index in [4.69, 9.17) is 0 Å². The lowest BCUT2D eigenvalue weighted by Crippen LogP contribution is -2.29. The molecule has 0 aromatic heterocycles. The van der Waals surface area contributed by atoms with E-state index in [1.165, 1.54) is 77.0 Å². The molecule has 0 aromatic carbocycles. The Morgan fingerprint density at radius 3 is 1.00 bits per heavy atom. The maximum atomic E-state index is 10.9. The van der Waals surface area contributed by atoms with Gasteiger partial charge in [-0.05, 0) is 37.5 Å². The van der Waals surface area contributed by atoms with Crippen LogP contribution in [-0.4, -0.2) is 11.2 Å². The Morgan fingerprint density at radius 2 is 0.800 bits per heavy atom. The third kappa shape index (κ3) is 9.00. The van der Waals surface area contributed by atoms with Crippen LogP contribution in [0.15, 0.2) is 0 Å². The lowest BCUT2D eigenvalue weighted by molar-refractivity contribution is 0.0311. The van der Waals surface area contributed by atoms with E-state index in [0.29, 0.717) is 11.8 Å². The van der Waals surface area contributed by atoms with E-state index in [2.05, 4.69) is 27.7 Å². The fourth-order valence-electron chi connectivity index (χ4n) is 3.22. The zero-order valence-corrected chi connectivity index (χ0v) is 14.7. The monoisotopic (exact) mass is 284 g/mol. The molecule has 122 valence electrons. The summed E-state index contributed by atoms with van der Waals surface area (Å²) in [6.45, 7) is 9.04. The summed E-state index contributed by atoms with van der Waals surface area (Å²) >= 11 is 0. The van der Waals surface area contributed by atoms with Gasteiger partial charge in [0.2, 0.25) is 0 Å². The highest BCUT2D eigenvalue weighted by atomic mass is 16.3. The second kappa shape index (κ2) is 13.9. The van der Waals surface area contributed by atoms with Crippen molar-refractivity contribution in [2.24, 2.45) is 11.8 Å². The second-order valence-corrected chi connectivity index (χ2v) is 6.58. The van der Waals surface area contributed by atoms with Gasteiger partial charge in [-0.2, -0.15) is 0 Å². The van der Waals surface area contributed by atoms with Crippen molar-refractivity contribution < 1.29 is 5.11 Å². The number of hydrogen-bond donors (Lipinski definition) is 1. The van der Waals surface area contributed by atoms with Crippen molar-refractivity contribution in [3.8, 4) is 0 Å². The molecule has 0 aliphatic carbocycles. The topological polar surface area (TPSA) is 20.2 Å². The van der Waals surface area contributed by atoms with Crippen LogP contribution in [0.4, 0.5) is 0 Å². The number of rotatable bonds is 14. The Morgan fingerprint density at radius 1 is 0.550 bits per heavy atom. The SMILES string of the molecule is CCCCC(CCCC)C(O)C(CCCC)CCCC. The normalized spacial score (nSPS) is 12.0. The molecule has 0 spiro atoms. The zero-order chi connectivity index (χ0) is 15.2. The van der Waals surface area contributed by atoms with Crippen LogP contribution in [0.25, 0.3) is 0 Å². The Hall–Kier alpha value is -0.0400. The molecule has 1 nitrogen and oxygen atoms in total. The molecule has 0 rings (SSSR count). The first-order chi connectivity index (χ1) is 9.71. The molecule has 0 saturated carbocycles. The van der Waals surface area contributed by atoms with Gasteiger partial charge < -0.3 is 5.11 Å². The molecule has 0 saturated heterocycles. The molecular formula is C19H40O. The third-order valence-electron chi connectivity index (χ3n) is 4.68. The molecular weight excluding hydrogens is 244 g/mol. The molecule has 0 aliphatic rings. The summed E-state index contributed by atoms with van der Waals surface area (Å²) < 4.78 is 0. The van der Waals surface area contributed by atoms with E-state index in [9.17, 15) is 5.11 Å². The first-order valence-electron chi connectivity index (χ1n) is 9.39. The fourth-order valence-corrected chi connectivity index (χ4v) is 3.22. The molecule has 1 N–H and O–H groups in total. The number of unbranched alkanes of at least 4 members (excludes halogenated alkanes) is 4. The summed E-state index contributed by atoms with van der Waals surface area (Å²) in [5.41, 5.74) is 0. The van der Waals surface area contributed by atoms with Crippen LogP contribution < -0.4 is 0 Å². The van der Waals surface area contributed by atoms with Crippen LogP contribution >= 0.6 is 0 Å². The molecule has 0 atom stereocenters. The van der Waals surface area contributed by atoms with Crippen LogP contribution in [-0.2, 0) is 0 Å². The predicted octanol–water partition coefficient (Wildman–Crippen LogP) is 6.34. The van der Waals surface area contributed by atoms with Crippen LogP contribution in [0.3, 0.4) is 0 Å². The molecule has 0 aromatic rings. The van der Waals surface area contributed by atoms with Crippen molar-refractivity contribution in [2.75, 3.05) is 0 Å². The van der Waals surface area contributed by atoms with Crippen LogP contribution in [0.2, 0.25) is 0 Å². The van der Waals surface area contributed by atoms with E-state index in [1.807, 2.05) is 0 Å². The summed E-state index contributed by atoms with van der Waals surface area (Å²) in [6.07, 6.45) is 15.0. The zero-order valence-electron chi connectivity index (χ0n) is 14.7. The van der Waals surface area contributed by atoms with E-state index in [-0.39, 0.29) is 6.10 Å².